The third-order valence-electron chi connectivity index (χ3n) is 6.32. The molecule has 21 heteroatoms. The van der Waals surface area contributed by atoms with Crippen LogP contribution in [0.4, 0.5) is 39.5 Å². The number of rotatable bonds is 4. The fourth-order valence-electron chi connectivity index (χ4n) is 4.07. The van der Waals surface area contributed by atoms with Gasteiger partial charge in [-0.05, 0) is 57.0 Å². The quantitative estimate of drug-likeness (QED) is 0.380. The molecular weight excluding hydrogens is 671 g/mol. The maximum Gasteiger partial charge on any atom is 0.490 e. The number of thiazole rings is 1. The maximum atomic E-state index is 13.0. The highest BCUT2D eigenvalue weighted by Crippen LogP contribution is 2.42. The molecule has 0 atom stereocenters. The minimum Gasteiger partial charge on any atom is -0.475 e. The molecule has 46 heavy (non-hydrogen) atoms. The Morgan fingerprint density at radius 2 is 1.22 bits per heavy atom. The molecule has 0 bridgehead atoms. The summed E-state index contributed by atoms with van der Waals surface area (Å²) in [7, 11) is 0. The van der Waals surface area contributed by atoms with Gasteiger partial charge in [0.15, 0.2) is 0 Å². The molecule has 3 N–H and O–H groups in total. The standard InChI is InChI=1S/C19H24N4OS.3C2HF3O2/c1-15-21-17(14-25-15)13-23-11-6-19(18(23)24)4-9-22(10-5-19)12-16-2-7-20-8-3-16;3*3-2(4,5)1(6)7/h2-3,7-8,14H,4-6,9-13H2,1H3;3*(H,6,7). The molecule has 1 amide bonds. The number of nitrogens with zero attached hydrogens (tertiary/aromatic N) is 4. The zero-order valence-electron chi connectivity index (χ0n) is 23.6. The van der Waals surface area contributed by atoms with Gasteiger partial charge in [0.2, 0.25) is 5.91 Å². The maximum absolute atomic E-state index is 13.0. The number of carbonyl (C=O) groups is 4. The molecular formula is C25H27F9N4O7S. The van der Waals surface area contributed by atoms with Crippen LogP contribution in [0.1, 0.15) is 35.5 Å². The number of alkyl halides is 9. The van der Waals surface area contributed by atoms with E-state index < -0.39 is 36.4 Å². The second-order valence-corrected chi connectivity index (χ2v) is 10.7. The second-order valence-electron chi connectivity index (χ2n) is 9.66. The number of pyridine rings is 1. The number of hydrogen-bond donors (Lipinski definition) is 3. The number of aromatic nitrogens is 2. The average Bonchev–Trinajstić information content (AvgIpc) is 3.48. The van der Waals surface area contributed by atoms with Gasteiger partial charge in [-0.3, -0.25) is 14.7 Å². The lowest BCUT2D eigenvalue weighted by atomic mass is 9.77. The summed E-state index contributed by atoms with van der Waals surface area (Å²) in [4.78, 5) is 52.8. The Balaban J connectivity index is 0.000000413. The Bertz CT molecular complexity index is 1250. The lowest BCUT2D eigenvalue weighted by Crippen LogP contribution is -2.44. The first kappa shape index (κ1) is 40.0. The van der Waals surface area contributed by atoms with Gasteiger partial charge in [0.1, 0.15) is 0 Å². The summed E-state index contributed by atoms with van der Waals surface area (Å²) in [5, 5.41) is 24.5. The first-order chi connectivity index (χ1) is 21.0. The monoisotopic (exact) mass is 698 g/mol. The molecule has 0 aliphatic carbocycles. The summed E-state index contributed by atoms with van der Waals surface area (Å²) in [6.45, 7) is 6.51. The highest BCUT2D eigenvalue weighted by Gasteiger charge is 2.48. The Morgan fingerprint density at radius 3 is 1.59 bits per heavy atom. The summed E-state index contributed by atoms with van der Waals surface area (Å²) in [6.07, 6.45) is -8.61. The summed E-state index contributed by atoms with van der Waals surface area (Å²) in [5.41, 5.74) is 2.20. The van der Waals surface area contributed by atoms with Crippen molar-refractivity contribution in [3.63, 3.8) is 0 Å². The predicted octanol–water partition coefficient (Wildman–Crippen LogP) is 4.76. The molecule has 0 saturated carbocycles. The van der Waals surface area contributed by atoms with Gasteiger partial charge in [0, 0.05) is 30.9 Å². The molecule has 4 heterocycles. The van der Waals surface area contributed by atoms with E-state index in [0.29, 0.717) is 12.5 Å². The number of carboxylic acids is 3. The SMILES string of the molecule is Cc1nc(CN2CCC3(CCN(Cc4ccncc4)CC3)C2=O)cs1.O=C(O)C(F)(F)F.O=C(O)C(F)(F)F.O=C(O)C(F)(F)F. The molecule has 1 spiro atoms. The summed E-state index contributed by atoms with van der Waals surface area (Å²) in [6, 6.07) is 4.14. The molecule has 2 aliphatic rings. The van der Waals surface area contributed by atoms with Crippen molar-refractivity contribution >= 4 is 35.2 Å². The Hall–Kier alpha value is -4.01. The van der Waals surface area contributed by atoms with E-state index in [-0.39, 0.29) is 5.41 Å². The van der Waals surface area contributed by atoms with E-state index in [0.717, 1.165) is 56.1 Å². The zero-order valence-corrected chi connectivity index (χ0v) is 24.4. The van der Waals surface area contributed by atoms with E-state index in [2.05, 4.69) is 32.4 Å². The van der Waals surface area contributed by atoms with Gasteiger partial charge in [-0.1, -0.05) is 0 Å². The van der Waals surface area contributed by atoms with E-state index >= 15 is 0 Å². The van der Waals surface area contributed by atoms with Crippen LogP contribution in [0.3, 0.4) is 0 Å². The van der Waals surface area contributed by atoms with Gasteiger partial charge in [-0.2, -0.15) is 39.5 Å². The van der Waals surface area contributed by atoms with Crippen molar-refractivity contribution in [3.05, 3.63) is 46.2 Å². The molecule has 2 fully saturated rings. The molecule has 0 aromatic carbocycles. The highest BCUT2D eigenvalue weighted by molar-refractivity contribution is 7.09. The van der Waals surface area contributed by atoms with E-state index in [1.54, 1.807) is 11.3 Å². The largest absolute Gasteiger partial charge is 0.490 e. The van der Waals surface area contributed by atoms with Gasteiger partial charge in [-0.15, -0.1) is 11.3 Å². The van der Waals surface area contributed by atoms with Crippen molar-refractivity contribution in [1.82, 2.24) is 19.8 Å². The molecule has 4 rings (SSSR count). The van der Waals surface area contributed by atoms with E-state index in [9.17, 15) is 44.3 Å². The number of aliphatic carboxylic acids is 3. The Labute approximate surface area is 258 Å². The predicted molar refractivity (Wildman–Crippen MR) is 139 cm³/mol. The minimum absolute atomic E-state index is 0.125. The van der Waals surface area contributed by atoms with Crippen molar-refractivity contribution < 1.29 is 74.0 Å². The fraction of sp³-hybridized carbons (Fsp3) is 0.520. The fourth-order valence-corrected chi connectivity index (χ4v) is 4.67. The van der Waals surface area contributed by atoms with Crippen molar-refractivity contribution in [2.24, 2.45) is 5.41 Å². The number of carbonyl (C=O) groups excluding carboxylic acids is 1. The smallest absolute Gasteiger partial charge is 0.475 e. The van der Waals surface area contributed by atoms with E-state index in [1.807, 2.05) is 24.2 Å². The summed E-state index contributed by atoms with van der Waals surface area (Å²) >= 11 is 1.66. The van der Waals surface area contributed by atoms with Crippen molar-refractivity contribution in [2.75, 3.05) is 19.6 Å². The van der Waals surface area contributed by atoms with Crippen molar-refractivity contribution in [3.8, 4) is 0 Å². The summed E-state index contributed by atoms with van der Waals surface area (Å²) < 4.78 is 95.2. The van der Waals surface area contributed by atoms with Crippen LogP contribution in [0.5, 0.6) is 0 Å². The number of aryl methyl sites for hydroxylation is 1. The first-order valence-corrected chi connectivity index (χ1v) is 13.6. The Kier molecular flexibility index (Phi) is 14.4. The van der Waals surface area contributed by atoms with E-state index in [1.165, 1.54) is 5.56 Å². The topological polar surface area (TPSA) is 161 Å². The highest BCUT2D eigenvalue weighted by atomic mass is 32.1. The molecule has 0 unspecified atom stereocenters. The number of piperidine rings is 1. The van der Waals surface area contributed by atoms with Gasteiger partial charge < -0.3 is 20.2 Å². The lowest BCUT2D eigenvalue weighted by molar-refractivity contribution is -0.193. The number of hydrogen-bond acceptors (Lipinski definition) is 8. The second kappa shape index (κ2) is 16.5. The van der Waals surface area contributed by atoms with Crippen LogP contribution in [0, 0.1) is 12.3 Å². The van der Waals surface area contributed by atoms with Crippen LogP contribution in [0.15, 0.2) is 29.9 Å². The van der Waals surface area contributed by atoms with Crippen molar-refractivity contribution in [2.45, 2.75) is 57.8 Å². The third kappa shape index (κ3) is 13.5. The molecule has 2 saturated heterocycles. The normalized spacial score (nSPS) is 16.3. The zero-order chi connectivity index (χ0) is 35.5. The minimum atomic E-state index is -5.08. The van der Waals surface area contributed by atoms with Crippen LogP contribution < -0.4 is 0 Å². The average molecular weight is 699 g/mol. The number of amides is 1. The number of likely N-dealkylation sites (tertiary alicyclic amines) is 2. The molecule has 2 aliphatic heterocycles. The van der Waals surface area contributed by atoms with Gasteiger partial charge in [0.25, 0.3) is 0 Å². The van der Waals surface area contributed by atoms with Crippen LogP contribution in [0.2, 0.25) is 0 Å². The number of halogens is 9. The lowest BCUT2D eigenvalue weighted by Gasteiger charge is -2.38. The molecule has 258 valence electrons. The third-order valence-corrected chi connectivity index (χ3v) is 7.14. The van der Waals surface area contributed by atoms with Gasteiger partial charge in [-0.25, -0.2) is 19.4 Å². The molecule has 2 aromatic heterocycles. The van der Waals surface area contributed by atoms with E-state index in [4.69, 9.17) is 29.7 Å². The molecule has 11 nitrogen and oxygen atoms in total. The molecule has 2 aromatic rings. The van der Waals surface area contributed by atoms with Gasteiger partial charge >= 0.3 is 36.4 Å². The van der Waals surface area contributed by atoms with Gasteiger partial charge in [0.05, 0.1) is 22.7 Å². The summed E-state index contributed by atoms with van der Waals surface area (Å²) in [5.74, 6) is -7.92. The van der Waals surface area contributed by atoms with Crippen molar-refractivity contribution in [1.29, 1.82) is 0 Å². The van der Waals surface area contributed by atoms with Crippen LogP contribution in [-0.2, 0) is 32.3 Å². The van der Waals surface area contributed by atoms with Crippen LogP contribution in [-0.4, -0.2) is 97.1 Å². The van der Waals surface area contributed by atoms with Crippen LogP contribution >= 0.6 is 11.3 Å². The first-order valence-electron chi connectivity index (χ1n) is 12.7. The van der Waals surface area contributed by atoms with Crippen LogP contribution in [0.25, 0.3) is 0 Å². The Morgan fingerprint density at radius 1 is 0.804 bits per heavy atom. The molecule has 0 radical (unpaired) electrons. The number of carboxylic acid groups (broad SMARTS) is 3.